The fraction of sp³-hybridized carbons (Fsp3) is 0.722. The van der Waals surface area contributed by atoms with Crippen LogP contribution in [0, 0.1) is 12.8 Å². The van der Waals surface area contributed by atoms with Gasteiger partial charge in [-0.25, -0.2) is 4.98 Å². The minimum absolute atomic E-state index is 0.488. The third-order valence-electron chi connectivity index (χ3n) is 5.02. The second-order valence-electron chi connectivity index (χ2n) is 6.69. The number of ether oxygens (including phenoxy) is 1. The van der Waals surface area contributed by atoms with Gasteiger partial charge in [-0.3, -0.25) is 0 Å². The highest BCUT2D eigenvalue weighted by Gasteiger charge is 2.23. The van der Waals surface area contributed by atoms with Gasteiger partial charge in [-0.05, 0) is 49.8 Å². The summed E-state index contributed by atoms with van der Waals surface area (Å²) in [5.41, 5.74) is 2.46. The molecule has 3 rings (SSSR count). The number of nitrogens with zero attached hydrogens (tertiary/aromatic N) is 2. The molecule has 3 heterocycles. The van der Waals surface area contributed by atoms with Gasteiger partial charge in [0.15, 0.2) is 0 Å². The molecule has 0 saturated carbocycles. The van der Waals surface area contributed by atoms with E-state index in [1.165, 1.54) is 31.2 Å². The van der Waals surface area contributed by atoms with Crippen molar-refractivity contribution in [2.75, 3.05) is 31.2 Å². The summed E-state index contributed by atoms with van der Waals surface area (Å²) in [6.07, 6.45) is 5.00. The Morgan fingerprint density at radius 1 is 1.32 bits per heavy atom. The summed E-state index contributed by atoms with van der Waals surface area (Å²) in [7, 11) is 0. The van der Waals surface area contributed by atoms with Crippen LogP contribution in [-0.2, 0) is 11.3 Å². The molecule has 0 radical (unpaired) electrons. The van der Waals surface area contributed by atoms with E-state index in [0.29, 0.717) is 6.04 Å². The van der Waals surface area contributed by atoms with Gasteiger partial charge in [0.05, 0.1) is 6.61 Å². The fourth-order valence-electron chi connectivity index (χ4n) is 3.68. The van der Waals surface area contributed by atoms with Crippen LogP contribution in [-0.4, -0.2) is 37.3 Å². The summed E-state index contributed by atoms with van der Waals surface area (Å²) < 4.78 is 5.65. The van der Waals surface area contributed by atoms with E-state index >= 15 is 0 Å². The maximum absolute atomic E-state index is 5.65. The molecule has 0 aliphatic carbocycles. The van der Waals surface area contributed by atoms with Gasteiger partial charge in [0.25, 0.3) is 0 Å². The lowest BCUT2D eigenvalue weighted by atomic mass is 9.92. The maximum Gasteiger partial charge on any atom is 0.129 e. The molecule has 2 fully saturated rings. The number of nitrogens with one attached hydrogen (secondary N) is 1. The highest BCUT2D eigenvalue weighted by Crippen LogP contribution is 2.22. The molecule has 2 aliphatic heterocycles. The Hall–Kier alpha value is -1.13. The molecule has 2 atom stereocenters. The van der Waals surface area contributed by atoms with Gasteiger partial charge >= 0.3 is 0 Å². The number of hydrogen-bond donors (Lipinski definition) is 1. The molecule has 1 aromatic rings. The van der Waals surface area contributed by atoms with Crippen molar-refractivity contribution in [2.45, 2.75) is 52.1 Å². The fourth-order valence-corrected chi connectivity index (χ4v) is 3.68. The Morgan fingerprint density at radius 2 is 2.14 bits per heavy atom. The zero-order valence-electron chi connectivity index (χ0n) is 14.0. The summed E-state index contributed by atoms with van der Waals surface area (Å²) in [6.45, 7) is 9.37. The van der Waals surface area contributed by atoms with Crippen molar-refractivity contribution >= 4 is 5.82 Å². The topological polar surface area (TPSA) is 37.4 Å². The van der Waals surface area contributed by atoms with Gasteiger partial charge < -0.3 is 15.0 Å². The van der Waals surface area contributed by atoms with Crippen LogP contribution in [0.5, 0.6) is 0 Å². The second-order valence-corrected chi connectivity index (χ2v) is 6.69. The van der Waals surface area contributed by atoms with Crippen LogP contribution in [0.3, 0.4) is 0 Å². The monoisotopic (exact) mass is 303 g/mol. The first-order valence-corrected chi connectivity index (χ1v) is 8.80. The summed E-state index contributed by atoms with van der Waals surface area (Å²) in [4.78, 5) is 7.13. The van der Waals surface area contributed by atoms with Gasteiger partial charge in [-0.15, -0.1) is 0 Å². The highest BCUT2D eigenvalue weighted by molar-refractivity contribution is 5.43. The standard InChI is InChI=1S/C18H29N3O/c1-3-16-6-9-22-13-17(16)19-12-15-10-14(2)20-18(11-15)21-7-4-5-8-21/h10-11,16-17,19H,3-9,12-13H2,1-2H3. The Kier molecular flexibility index (Phi) is 5.32. The van der Waals surface area contributed by atoms with Gasteiger partial charge in [-0.1, -0.05) is 13.3 Å². The summed E-state index contributed by atoms with van der Waals surface area (Å²) in [5, 5.41) is 3.71. The third kappa shape index (κ3) is 3.79. The second kappa shape index (κ2) is 7.42. The number of aromatic nitrogens is 1. The predicted molar refractivity (Wildman–Crippen MR) is 90.3 cm³/mol. The maximum atomic E-state index is 5.65. The SMILES string of the molecule is CCC1CCOCC1NCc1cc(C)nc(N2CCCC2)c1. The molecular weight excluding hydrogens is 274 g/mol. The van der Waals surface area contributed by atoms with E-state index in [1.54, 1.807) is 0 Å². The van der Waals surface area contributed by atoms with E-state index in [2.05, 4.69) is 36.2 Å². The van der Waals surface area contributed by atoms with Crippen LogP contribution in [0.25, 0.3) is 0 Å². The molecule has 0 aromatic carbocycles. The van der Waals surface area contributed by atoms with E-state index in [0.717, 1.165) is 50.3 Å². The van der Waals surface area contributed by atoms with Crippen molar-refractivity contribution in [3.8, 4) is 0 Å². The zero-order valence-corrected chi connectivity index (χ0v) is 14.0. The molecule has 0 bridgehead atoms. The van der Waals surface area contributed by atoms with E-state index in [-0.39, 0.29) is 0 Å². The normalized spacial score (nSPS) is 25.6. The molecule has 0 spiro atoms. The first-order valence-electron chi connectivity index (χ1n) is 8.80. The largest absolute Gasteiger partial charge is 0.380 e. The van der Waals surface area contributed by atoms with E-state index in [9.17, 15) is 0 Å². The van der Waals surface area contributed by atoms with Gasteiger partial charge in [0.1, 0.15) is 5.82 Å². The van der Waals surface area contributed by atoms with Crippen LogP contribution in [0.15, 0.2) is 12.1 Å². The molecule has 4 nitrogen and oxygen atoms in total. The van der Waals surface area contributed by atoms with Crippen molar-refractivity contribution in [1.82, 2.24) is 10.3 Å². The van der Waals surface area contributed by atoms with Gasteiger partial charge in [0.2, 0.25) is 0 Å². The Balaban J connectivity index is 1.64. The lowest BCUT2D eigenvalue weighted by molar-refractivity contribution is 0.0342. The lowest BCUT2D eigenvalue weighted by Crippen LogP contribution is -2.43. The van der Waals surface area contributed by atoms with Crippen molar-refractivity contribution < 1.29 is 4.74 Å². The molecule has 2 saturated heterocycles. The molecular formula is C18H29N3O. The van der Waals surface area contributed by atoms with Crippen LogP contribution < -0.4 is 10.2 Å². The van der Waals surface area contributed by atoms with Crippen molar-refractivity contribution in [2.24, 2.45) is 5.92 Å². The molecule has 0 amide bonds. The third-order valence-corrected chi connectivity index (χ3v) is 5.02. The van der Waals surface area contributed by atoms with E-state index < -0.39 is 0 Å². The van der Waals surface area contributed by atoms with Gasteiger partial charge in [0, 0.05) is 38.0 Å². The molecule has 2 aliphatic rings. The average Bonchev–Trinajstić information content (AvgIpc) is 3.07. The molecule has 4 heteroatoms. The molecule has 1 N–H and O–H groups in total. The van der Waals surface area contributed by atoms with Crippen LogP contribution >= 0.6 is 0 Å². The lowest BCUT2D eigenvalue weighted by Gasteiger charge is -2.31. The van der Waals surface area contributed by atoms with Crippen molar-refractivity contribution in [3.63, 3.8) is 0 Å². The zero-order chi connectivity index (χ0) is 15.4. The molecule has 2 unspecified atom stereocenters. The first kappa shape index (κ1) is 15.8. The molecule has 122 valence electrons. The van der Waals surface area contributed by atoms with Gasteiger partial charge in [-0.2, -0.15) is 0 Å². The van der Waals surface area contributed by atoms with Crippen molar-refractivity contribution in [1.29, 1.82) is 0 Å². The number of pyridine rings is 1. The van der Waals surface area contributed by atoms with Crippen LogP contribution in [0.1, 0.15) is 43.9 Å². The quantitative estimate of drug-likeness (QED) is 0.907. The Morgan fingerprint density at radius 3 is 2.91 bits per heavy atom. The minimum atomic E-state index is 0.488. The number of aryl methyl sites for hydroxylation is 1. The average molecular weight is 303 g/mol. The molecule has 1 aromatic heterocycles. The smallest absolute Gasteiger partial charge is 0.129 e. The Bertz CT molecular complexity index is 485. The van der Waals surface area contributed by atoms with E-state index in [4.69, 9.17) is 9.72 Å². The number of hydrogen-bond acceptors (Lipinski definition) is 4. The summed E-state index contributed by atoms with van der Waals surface area (Å²) in [6, 6.07) is 4.95. The number of rotatable bonds is 5. The first-order chi connectivity index (χ1) is 10.8. The van der Waals surface area contributed by atoms with Crippen LogP contribution in [0.2, 0.25) is 0 Å². The predicted octanol–water partition coefficient (Wildman–Crippen LogP) is 2.89. The van der Waals surface area contributed by atoms with Crippen molar-refractivity contribution in [3.05, 3.63) is 23.4 Å². The minimum Gasteiger partial charge on any atom is -0.380 e. The van der Waals surface area contributed by atoms with E-state index in [1.807, 2.05) is 0 Å². The van der Waals surface area contributed by atoms with Crippen LogP contribution in [0.4, 0.5) is 5.82 Å². The summed E-state index contributed by atoms with van der Waals surface area (Å²) in [5.74, 6) is 1.90. The molecule has 22 heavy (non-hydrogen) atoms. The highest BCUT2D eigenvalue weighted by atomic mass is 16.5. The summed E-state index contributed by atoms with van der Waals surface area (Å²) >= 11 is 0. The number of anilines is 1. The Labute approximate surface area is 134 Å².